The van der Waals surface area contributed by atoms with Gasteiger partial charge in [-0.2, -0.15) is 0 Å². The number of ether oxygens (including phenoxy) is 1. The van der Waals surface area contributed by atoms with E-state index in [2.05, 4.69) is 10.2 Å². The van der Waals surface area contributed by atoms with Gasteiger partial charge in [0.05, 0.1) is 23.9 Å². The Labute approximate surface area is 201 Å². The van der Waals surface area contributed by atoms with Crippen molar-refractivity contribution >= 4 is 34.8 Å². The molecule has 0 unspecified atom stereocenters. The van der Waals surface area contributed by atoms with Gasteiger partial charge in [-0.1, -0.05) is 25.1 Å². The van der Waals surface area contributed by atoms with Crippen LogP contribution in [0.1, 0.15) is 30.9 Å². The molecule has 3 saturated heterocycles. The number of para-hydroxylation sites is 1. The van der Waals surface area contributed by atoms with Gasteiger partial charge in [-0.05, 0) is 37.4 Å². The fourth-order valence-corrected chi connectivity index (χ4v) is 6.79. The predicted molar refractivity (Wildman–Crippen MR) is 125 cm³/mol. The molecule has 180 valence electrons. The molecule has 4 atom stereocenters. The van der Waals surface area contributed by atoms with Gasteiger partial charge < -0.3 is 10.1 Å². The number of aryl methyl sites for hydroxylation is 1. The first-order chi connectivity index (χ1) is 16.9. The minimum atomic E-state index is -1.29. The number of fused-ring (bicyclic) bond motifs is 7. The molecule has 0 aliphatic carbocycles. The van der Waals surface area contributed by atoms with Gasteiger partial charge in [0.15, 0.2) is 0 Å². The highest BCUT2D eigenvalue weighted by Crippen LogP contribution is 2.61. The van der Waals surface area contributed by atoms with E-state index >= 15 is 0 Å². The second kappa shape index (κ2) is 7.35. The zero-order valence-corrected chi connectivity index (χ0v) is 19.3. The summed E-state index contributed by atoms with van der Waals surface area (Å²) in [6.07, 6.45) is 2.21. The van der Waals surface area contributed by atoms with Crippen molar-refractivity contribution in [2.24, 2.45) is 11.8 Å². The van der Waals surface area contributed by atoms with Crippen molar-refractivity contribution in [3.8, 4) is 5.75 Å². The van der Waals surface area contributed by atoms with E-state index in [0.29, 0.717) is 19.4 Å². The fourth-order valence-electron chi connectivity index (χ4n) is 6.79. The van der Waals surface area contributed by atoms with Crippen LogP contribution >= 0.6 is 0 Å². The highest BCUT2D eigenvalue weighted by Gasteiger charge is 2.74. The van der Waals surface area contributed by atoms with E-state index in [1.807, 2.05) is 25.1 Å². The first-order valence-corrected chi connectivity index (χ1v) is 11.8. The molecule has 0 aromatic heterocycles. The Morgan fingerprint density at radius 3 is 2.71 bits per heavy atom. The molecule has 10 heteroatoms. The second-order valence-electron chi connectivity index (χ2n) is 9.45. The van der Waals surface area contributed by atoms with Crippen LogP contribution in [0, 0.1) is 22.0 Å². The number of imide groups is 1. The van der Waals surface area contributed by atoms with Gasteiger partial charge in [-0.15, -0.1) is 0 Å². The molecule has 4 aliphatic rings. The molecular weight excluding hydrogens is 452 g/mol. The third-order valence-electron chi connectivity index (χ3n) is 8.11. The van der Waals surface area contributed by atoms with Crippen molar-refractivity contribution in [1.29, 1.82) is 0 Å². The number of carbonyl (C=O) groups is 3. The maximum absolute atomic E-state index is 14.1. The van der Waals surface area contributed by atoms with Crippen LogP contribution in [-0.4, -0.2) is 47.2 Å². The van der Waals surface area contributed by atoms with Gasteiger partial charge in [0, 0.05) is 29.4 Å². The van der Waals surface area contributed by atoms with E-state index in [-0.39, 0.29) is 29.1 Å². The first kappa shape index (κ1) is 21.7. The summed E-state index contributed by atoms with van der Waals surface area (Å²) >= 11 is 0. The maximum Gasteiger partial charge on any atom is 0.271 e. The molecule has 1 N–H and O–H groups in total. The lowest BCUT2D eigenvalue weighted by atomic mass is 9.75. The van der Waals surface area contributed by atoms with E-state index < -0.39 is 34.1 Å². The van der Waals surface area contributed by atoms with E-state index in [9.17, 15) is 24.5 Å². The molecule has 10 nitrogen and oxygen atoms in total. The van der Waals surface area contributed by atoms with Crippen LogP contribution in [-0.2, 0) is 26.3 Å². The average molecular weight is 476 g/mol. The summed E-state index contributed by atoms with van der Waals surface area (Å²) < 4.78 is 5.36. The number of rotatable bonds is 4. The zero-order chi connectivity index (χ0) is 24.6. The zero-order valence-electron chi connectivity index (χ0n) is 19.3. The van der Waals surface area contributed by atoms with Crippen molar-refractivity contribution in [3.05, 3.63) is 57.6 Å². The number of amides is 3. The molecule has 0 saturated carbocycles. The van der Waals surface area contributed by atoms with Crippen LogP contribution in [0.25, 0.3) is 0 Å². The molecule has 2 aromatic rings. The lowest BCUT2D eigenvalue weighted by Crippen LogP contribution is -2.54. The summed E-state index contributed by atoms with van der Waals surface area (Å²) in [6, 6.07) is 9.28. The molecule has 3 fully saturated rings. The number of nitro benzene ring substituents is 1. The smallest absolute Gasteiger partial charge is 0.271 e. The average Bonchev–Trinajstić information content (AvgIpc) is 3.56. The normalized spacial score (nSPS) is 28.9. The Bertz CT molecular complexity index is 1330. The molecule has 3 amide bonds. The van der Waals surface area contributed by atoms with Gasteiger partial charge in [-0.25, -0.2) is 4.90 Å². The minimum Gasteiger partial charge on any atom is -0.495 e. The van der Waals surface area contributed by atoms with Crippen molar-refractivity contribution < 1.29 is 24.0 Å². The second-order valence-corrected chi connectivity index (χ2v) is 9.45. The molecule has 35 heavy (non-hydrogen) atoms. The van der Waals surface area contributed by atoms with Gasteiger partial charge in [0.2, 0.25) is 17.7 Å². The van der Waals surface area contributed by atoms with Gasteiger partial charge in [0.25, 0.3) is 5.69 Å². The Kier molecular flexibility index (Phi) is 4.56. The Morgan fingerprint density at radius 2 is 2.00 bits per heavy atom. The molecule has 4 aliphatic heterocycles. The molecule has 1 spiro atoms. The van der Waals surface area contributed by atoms with Gasteiger partial charge in [0.1, 0.15) is 17.0 Å². The Morgan fingerprint density at radius 1 is 1.20 bits per heavy atom. The highest BCUT2D eigenvalue weighted by atomic mass is 16.6. The molecular formula is C25H24N4O6. The number of benzene rings is 2. The van der Waals surface area contributed by atoms with Crippen molar-refractivity contribution in [1.82, 2.24) is 4.90 Å². The van der Waals surface area contributed by atoms with Gasteiger partial charge in [-0.3, -0.25) is 29.4 Å². The van der Waals surface area contributed by atoms with Crippen LogP contribution < -0.4 is 15.0 Å². The summed E-state index contributed by atoms with van der Waals surface area (Å²) in [4.78, 5) is 55.8. The molecule has 2 aromatic carbocycles. The predicted octanol–water partition coefficient (Wildman–Crippen LogP) is 2.60. The van der Waals surface area contributed by atoms with Crippen LogP contribution in [0.4, 0.5) is 17.1 Å². The third kappa shape index (κ3) is 2.54. The van der Waals surface area contributed by atoms with Crippen molar-refractivity contribution in [2.75, 3.05) is 23.9 Å². The van der Waals surface area contributed by atoms with E-state index in [1.54, 1.807) is 0 Å². The SMILES string of the molecule is CCc1cccc2c1NC(=O)[C@]21[C@H]2C(=O)N(c3cc([N+](=O)[O-])ccc3OC)C(=O)[C@@H]2[C@H]2CCCN21. The summed E-state index contributed by atoms with van der Waals surface area (Å²) in [5.41, 5.74) is 0.912. The Balaban J connectivity index is 1.55. The van der Waals surface area contributed by atoms with E-state index in [4.69, 9.17) is 4.74 Å². The molecule has 4 heterocycles. The maximum atomic E-state index is 14.1. The quantitative estimate of drug-likeness (QED) is 0.409. The van der Waals surface area contributed by atoms with E-state index in [1.165, 1.54) is 25.3 Å². The number of non-ortho nitro benzene ring substituents is 1. The third-order valence-corrected chi connectivity index (χ3v) is 8.11. The van der Waals surface area contributed by atoms with Crippen LogP contribution in [0.5, 0.6) is 5.75 Å². The summed E-state index contributed by atoms with van der Waals surface area (Å²) in [6.45, 7) is 2.62. The number of carbonyl (C=O) groups excluding carboxylic acids is 3. The van der Waals surface area contributed by atoms with Crippen molar-refractivity contribution in [3.63, 3.8) is 0 Å². The number of nitro groups is 1. The Hall–Kier alpha value is -3.79. The summed E-state index contributed by atoms with van der Waals surface area (Å²) in [7, 11) is 1.38. The molecule has 6 rings (SSSR count). The number of methoxy groups -OCH3 is 1. The van der Waals surface area contributed by atoms with Crippen LogP contribution in [0.3, 0.4) is 0 Å². The van der Waals surface area contributed by atoms with Gasteiger partial charge >= 0.3 is 0 Å². The number of hydrogen-bond donors (Lipinski definition) is 1. The molecule has 0 radical (unpaired) electrons. The highest BCUT2D eigenvalue weighted by molar-refractivity contribution is 6.26. The number of nitrogens with one attached hydrogen (secondary N) is 1. The standard InChI is InChI=1S/C25H24N4O6/c1-3-13-6-4-7-15-21(13)26-24(32)25(15)20-19(16-8-5-11-27(16)25)22(30)28(23(20)31)17-12-14(29(33)34)9-10-18(17)35-2/h4,6-7,9-10,12,16,19-20H,3,5,8,11H2,1-2H3,(H,26,32)/t16-,19-,20-,25-/m1/s1. The topological polar surface area (TPSA) is 122 Å². The largest absolute Gasteiger partial charge is 0.495 e. The van der Waals surface area contributed by atoms with Crippen LogP contribution in [0.15, 0.2) is 36.4 Å². The van der Waals surface area contributed by atoms with Crippen LogP contribution in [0.2, 0.25) is 0 Å². The number of anilines is 2. The van der Waals surface area contributed by atoms with E-state index in [0.717, 1.165) is 28.1 Å². The summed E-state index contributed by atoms with van der Waals surface area (Å²) in [5.74, 6) is -2.74. The monoisotopic (exact) mass is 476 g/mol. The minimum absolute atomic E-state index is 0.0340. The first-order valence-electron chi connectivity index (χ1n) is 11.8. The summed E-state index contributed by atoms with van der Waals surface area (Å²) in [5, 5.41) is 14.5. The lowest BCUT2D eigenvalue weighted by molar-refractivity contribution is -0.384. The fraction of sp³-hybridized carbons (Fsp3) is 0.400. The lowest BCUT2D eigenvalue weighted by Gasteiger charge is -2.36. The number of nitrogens with zero attached hydrogens (tertiary/aromatic N) is 3. The van der Waals surface area contributed by atoms with Crippen molar-refractivity contribution in [2.45, 2.75) is 37.8 Å². The molecule has 0 bridgehead atoms. The number of hydrogen-bond acceptors (Lipinski definition) is 7.